The highest BCUT2D eigenvalue weighted by atomic mass is 19.4. The van der Waals surface area contributed by atoms with E-state index in [0.29, 0.717) is 6.54 Å². The predicted molar refractivity (Wildman–Crippen MR) is 83.1 cm³/mol. The molecule has 3 aromatic heterocycles. The molecule has 4 aromatic rings. The quantitative estimate of drug-likeness (QED) is 0.560. The number of pyridine rings is 1. The molecule has 6 nitrogen and oxygen atoms in total. The van der Waals surface area contributed by atoms with Crippen LogP contribution in [0.1, 0.15) is 11.4 Å². The number of fused-ring (bicyclic) bond motifs is 3. The molecule has 0 saturated heterocycles. The zero-order valence-electron chi connectivity index (χ0n) is 12.6. The maximum absolute atomic E-state index is 12.8. The number of rotatable bonds is 2. The van der Waals surface area contributed by atoms with E-state index in [9.17, 15) is 18.0 Å². The van der Waals surface area contributed by atoms with Crippen LogP contribution in [-0.4, -0.2) is 24.1 Å². The maximum atomic E-state index is 12.8. The summed E-state index contributed by atoms with van der Waals surface area (Å²) in [7, 11) is 0. The predicted octanol–water partition coefficient (Wildman–Crippen LogP) is 2.51. The van der Waals surface area contributed by atoms with E-state index in [1.807, 2.05) is 30.3 Å². The molecule has 0 saturated carbocycles. The number of benzene rings is 1. The summed E-state index contributed by atoms with van der Waals surface area (Å²) in [6.07, 6.45) is -1.93. The fourth-order valence-electron chi connectivity index (χ4n) is 2.58. The number of aromatic nitrogens is 5. The van der Waals surface area contributed by atoms with Crippen molar-refractivity contribution < 1.29 is 13.2 Å². The summed E-state index contributed by atoms with van der Waals surface area (Å²) in [5, 5.41) is 3.61. The summed E-state index contributed by atoms with van der Waals surface area (Å²) in [4.78, 5) is 19.8. The lowest BCUT2D eigenvalue weighted by Crippen LogP contribution is -2.21. The molecule has 0 bridgehead atoms. The monoisotopic (exact) mass is 345 g/mol. The van der Waals surface area contributed by atoms with E-state index >= 15 is 0 Å². The Morgan fingerprint density at radius 1 is 1.08 bits per heavy atom. The second-order valence-corrected chi connectivity index (χ2v) is 5.44. The number of hydrogen-bond acceptors (Lipinski definition) is 4. The summed E-state index contributed by atoms with van der Waals surface area (Å²) >= 11 is 0. The summed E-state index contributed by atoms with van der Waals surface area (Å²) in [6, 6.07) is 10.9. The zero-order valence-corrected chi connectivity index (χ0v) is 12.6. The van der Waals surface area contributed by atoms with Gasteiger partial charge >= 0.3 is 6.18 Å². The molecule has 0 aliphatic rings. The molecule has 0 atom stereocenters. The molecule has 9 heteroatoms. The van der Waals surface area contributed by atoms with Gasteiger partial charge in [-0.05, 0) is 11.6 Å². The van der Waals surface area contributed by atoms with Crippen LogP contribution in [0.25, 0.3) is 16.7 Å². The molecule has 3 heterocycles. The molecule has 0 aliphatic carbocycles. The summed E-state index contributed by atoms with van der Waals surface area (Å²) in [5.74, 6) is -1.50. The molecule has 0 unspecified atom stereocenters. The number of alkyl halides is 3. The average molecular weight is 345 g/mol. The van der Waals surface area contributed by atoms with Gasteiger partial charge in [-0.25, -0.2) is 4.98 Å². The van der Waals surface area contributed by atoms with Crippen LogP contribution in [0.5, 0.6) is 0 Å². The van der Waals surface area contributed by atoms with Gasteiger partial charge in [-0.1, -0.05) is 30.3 Å². The van der Waals surface area contributed by atoms with Crippen molar-refractivity contribution in [2.75, 3.05) is 0 Å². The second-order valence-electron chi connectivity index (χ2n) is 5.44. The lowest BCUT2D eigenvalue weighted by Gasteiger charge is -2.07. The van der Waals surface area contributed by atoms with Gasteiger partial charge in [-0.2, -0.15) is 22.7 Å². The lowest BCUT2D eigenvalue weighted by molar-refractivity contribution is -0.144. The van der Waals surface area contributed by atoms with Crippen molar-refractivity contribution in [3.05, 3.63) is 70.5 Å². The van der Waals surface area contributed by atoms with Crippen molar-refractivity contribution in [1.82, 2.24) is 24.1 Å². The van der Waals surface area contributed by atoms with Crippen molar-refractivity contribution in [2.24, 2.45) is 0 Å². The van der Waals surface area contributed by atoms with Gasteiger partial charge in [0.15, 0.2) is 0 Å². The first kappa shape index (κ1) is 15.3. The molecule has 0 N–H and O–H groups in total. The molecule has 1 aromatic carbocycles. The third kappa shape index (κ3) is 2.63. The largest absolute Gasteiger partial charge is 0.453 e. The van der Waals surface area contributed by atoms with Crippen molar-refractivity contribution in [3.8, 4) is 0 Å². The summed E-state index contributed by atoms with van der Waals surface area (Å²) in [5.41, 5.74) is 0.792. The third-order valence-corrected chi connectivity index (χ3v) is 3.76. The highest BCUT2D eigenvalue weighted by Gasteiger charge is 2.36. The van der Waals surface area contributed by atoms with E-state index < -0.39 is 12.0 Å². The van der Waals surface area contributed by atoms with Crippen LogP contribution in [0, 0.1) is 0 Å². The van der Waals surface area contributed by atoms with Gasteiger partial charge in [0.1, 0.15) is 0 Å². The van der Waals surface area contributed by atoms with Gasteiger partial charge < -0.3 is 4.57 Å². The van der Waals surface area contributed by atoms with Gasteiger partial charge in [-0.3, -0.25) is 4.79 Å². The van der Waals surface area contributed by atoms with Gasteiger partial charge in [-0.15, -0.1) is 5.10 Å². The molecule has 4 rings (SSSR count). The highest BCUT2D eigenvalue weighted by Crippen LogP contribution is 2.26. The Morgan fingerprint density at radius 3 is 2.56 bits per heavy atom. The molecule has 126 valence electrons. The Morgan fingerprint density at radius 2 is 1.84 bits per heavy atom. The summed E-state index contributed by atoms with van der Waals surface area (Å²) < 4.78 is 40.7. The standard InChI is InChI=1S/C16H10F3N5O/c17-16(18,19)14-21-15-20-8-11-12(24(15)22-14)6-7-23(13(11)25)9-10-4-2-1-3-5-10/h1-8H,9H2. The highest BCUT2D eigenvalue weighted by molar-refractivity contribution is 5.78. The Hall–Kier alpha value is -3.23. The van der Waals surface area contributed by atoms with E-state index in [1.165, 1.54) is 23.0 Å². The smallest absolute Gasteiger partial charge is 0.310 e. The van der Waals surface area contributed by atoms with Crippen molar-refractivity contribution in [3.63, 3.8) is 0 Å². The van der Waals surface area contributed by atoms with E-state index in [4.69, 9.17) is 0 Å². The Bertz CT molecular complexity index is 1130. The SMILES string of the molecule is O=c1c2cnc3nc(C(F)(F)F)nn3c2ccn1Cc1ccccc1. The van der Waals surface area contributed by atoms with Gasteiger partial charge in [0.2, 0.25) is 0 Å². The fraction of sp³-hybridized carbons (Fsp3) is 0.125. The number of halogens is 3. The van der Waals surface area contributed by atoms with E-state index in [1.54, 1.807) is 0 Å². The maximum Gasteiger partial charge on any atom is 0.453 e. The van der Waals surface area contributed by atoms with Crippen molar-refractivity contribution in [1.29, 1.82) is 0 Å². The van der Waals surface area contributed by atoms with E-state index in [-0.39, 0.29) is 22.2 Å². The van der Waals surface area contributed by atoms with Gasteiger partial charge in [0, 0.05) is 12.4 Å². The molecule has 0 radical (unpaired) electrons. The van der Waals surface area contributed by atoms with Crippen LogP contribution < -0.4 is 5.56 Å². The third-order valence-electron chi connectivity index (χ3n) is 3.76. The van der Waals surface area contributed by atoms with Gasteiger partial charge in [0.25, 0.3) is 17.2 Å². The topological polar surface area (TPSA) is 65.1 Å². The first-order valence-electron chi connectivity index (χ1n) is 7.29. The Balaban J connectivity index is 1.87. The molecule has 0 aliphatic heterocycles. The molecular formula is C16H10F3N5O. The van der Waals surface area contributed by atoms with Crippen LogP contribution in [0.4, 0.5) is 13.2 Å². The molecular weight excluding hydrogens is 335 g/mol. The average Bonchev–Trinajstić information content (AvgIpc) is 3.03. The van der Waals surface area contributed by atoms with Crippen LogP contribution in [0.2, 0.25) is 0 Å². The number of hydrogen-bond donors (Lipinski definition) is 0. The molecule has 0 amide bonds. The van der Waals surface area contributed by atoms with E-state index in [2.05, 4.69) is 15.1 Å². The number of nitrogens with zero attached hydrogens (tertiary/aromatic N) is 5. The van der Waals surface area contributed by atoms with Crippen molar-refractivity contribution >= 4 is 16.7 Å². The fourth-order valence-corrected chi connectivity index (χ4v) is 2.58. The zero-order chi connectivity index (χ0) is 17.6. The summed E-state index contributed by atoms with van der Waals surface area (Å²) in [6.45, 7) is 0.346. The second kappa shape index (κ2) is 5.40. The minimum absolute atomic E-state index is 0.171. The minimum atomic E-state index is -4.68. The Labute approximate surface area is 138 Å². The van der Waals surface area contributed by atoms with Crippen LogP contribution >= 0.6 is 0 Å². The normalized spacial score (nSPS) is 12.1. The van der Waals surface area contributed by atoms with Crippen LogP contribution in [0.15, 0.2) is 53.6 Å². The van der Waals surface area contributed by atoms with Gasteiger partial charge in [0.05, 0.1) is 17.4 Å². The van der Waals surface area contributed by atoms with Crippen LogP contribution in [0.3, 0.4) is 0 Å². The molecule has 0 fully saturated rings. The van der Waals surface area contributed by atoms with Crippen LogP contribution in [-0.2, 0) is 12.7 Å². The molecule has 0 spiro atoms. The first-order valence-corrected chi connectivity index (χ1v) is 7.29. The van der Waals surface area contributed by atoms with E-state index in [0.717, 1.165) is 10.1 Å². The molecule has 25 heavy (non-hydrogen) atoms. The Kier molecular flexibility index (Phi) is 3.31. The van der Waals surface area contributed by atoms with Crippen molar-refractivity contribution in [2.45, 2.75) is 12.7 Å². The first-order chi connectivity index (χ1) is 11.9. The minimum Gasteiger partial charge on any atom is -0.310 e. The lowest BCUT2D eigenvalue weighted by atomic mass is 10.2.